The van der Waals surface area contributed by atoms with Gasteiger partial charge < -0.3 is 5.11 Å². The molecule has 1 atom stereocenters. The van der Waals surface area contributed by atoms with E-state index in [9.17, 15) is 5.11 Å². The molecule has 1 unspecified atom stereocenters. The van der Waals surface area contributed by atoms with Gasteiger partial charge in [-0.15, -0.1) is 0 Å². The molecule has 0 bridgehead atoms. The van der Waals surface area contributed by atoms with Crippen molar-refractivity contribution < 1.29 is 5.11 Å². The third kappa shape index (κ3) is 2.61. The molecule has 1 aliphatic carbocycles. The van der Waals surface area contributed by atoms with Crippen molar-refractivity contribution in [3.8, 4) is 0 Å². The Bertz CT molecular complexity index is 633. The highest BCUT2D eigenvalue weighted by atomic mass is 16.3. The van der Waals surface area contributed by atoms with Crippen LogP contribution in [0.3, 0.4) is 0 Å². The summed E-state index contributed by atoms with van der Waals surface area (Å²) >= 11 is 0. The fraction of sp³-hybridized carbons (Fsp3) is 0.389. The highest BCUT2D eigenvalue weighted by molar-refractivity contribution is 5.36. The molecule has 0 spiro atoms. The molecule has 104 valence electrons. The van der Waals surface area contributed by atoms with Crippen LogP contribution in [0, 0.1) is 13.8 Å². The zero-order valence-electron chi connectivity index (χ0n) is 12.2. The van der Waals surface area contributed by atoms with E-state index in [2.05, 4.69) is 23.2 Å². The summed E-state index contributed by atoms with van der Waals surface area (Å²) in [5.74, 6) is 0. The molecule has 1 N–H and O–H groups in total. The number of hydrogen-bond acceptors (Lipinski definition) is 2. The number of pyridine rings is 1. The van der Waals surface area contributed by atoms with Gasteiger partial charge in [0, 0.05) is 23.4 Å². The minimum Gasteiger partial charge on any atom is -0.388 e. The number of nitrogens with zero attached hydrogens (tertiary/aromatic N) is 1. The second-order valence-corrected chi connectivity index (χ2v) is 5.80. The van der Waals surface area contributed by atoms with Crippen LogP contribution in [0.5, 0.6) is 0 Å². The number of aryl methyl sites for hydroxylation is 4. The average Bonchev–Trinajstić information content (AvgIpc) is 2.85. The average molecular weight is 267 g/mol. The molecule has 0 radical (unpaired) electrons. The predicted molar refractivity (Wildman–Crippen MR) is 80.8 cm³/mol. The van der Waals surface area contributed by atoms with Crippen molar-refractivity contribution in [2.75, 3.05) is 0 Å². The van der Waals surface area contributed by atoms with Crippen LogP contribution in [0.1, 0.15) is 46.2 Å². The first kappa shape index (κ1) is 13.3. The molecule has 0 saturated carbocycles. The predicted octanol–water partition coefficient (Wildman–Crippen LogP) is 3.46. The molecule has 2 aromatic rings. The lowest BCUT2D eigenvalue weighted by Gasteiger charge is -2.14. The van der Waals surface area contributed by atoms with E-state index in [1.54, 1.807) is 0 Å². The highest BCUT2D eigenvalue weighted by Crippen LogP contribution is 2.26. The van der Waals surface area contributed by atoms with Crippen molar-refractivity contribution in [2.45, 2.75) is 45.6 Å². The van der Waals surface area contributed by atoms with E-state index in [0.29, 0.717) is 6.42 Å². The number of fused-ring (bicyclic) bond motifs is 1. The van der Waals surface area contributed by atoms with Crippen LogP contribution < -0.4 is 0 Å². The van der Waals surface area contributed by atoms with Crippen molar-refractivity contribution in [2.24, 2.45) is 0 Å². The smallest absolute Gasteiger partial charge is 0.0847 e. The van der Waals surface area contributed by atoms with Crippen LogP contribution in [0.4, 0.5) is 0 Å². The van der Waals surface area contributed by atoms with Crippen LogP contribution in [0.2, 0.25) is 0 Å². The number of aliphatic hydroxyl groups is 1. The monoisotopic (exact) mass is 267 g/mol. The van der Waals surface area contributed by atoms with E-state index in [-0.39, 0.29) is 0 Å². The maximum atomic E-state index is 10.5. The molecule has 0 aliphatic heterocycles. The molecule has 2 nitrogen and oxygen atoms in total. The van der Waals surface area contributed by atoms with Crippen LogP contribution in [0.15, 0.2) is 30.3 Å². The molecule has 3 rings (SSSR count). The van der Waals surface area contributed by atoms with E-state index in [0.717, 1.165) is 17.0 Å². The Kier molecular flexibility index (Phi) is 3.58. The van der Waals surface area contributed by atoms with Crippen molar-refractivity contribution in [3.05, 3.63) is 64.0 Å². The van der Waals surface area contributed by atoms with Crippen molar-refractivity contribution >= 4 is 0 Å². The molecule has 2 heteroatoms. The fourth-order valence-corrected chi connectivity index (χ4v) is 3.13. The largest absolute Gasteiger partial charge is 0.388 e. The fourth-order valence-electron chi connectivity index (χ4n) is 3.13. The van der Waals surface area contributed by atoms with E-state index >= 15 is 0 Å². The minimum atomic E-state index is -0.470. The van der Waals surface area contributed by atoms with Crippen molar-refractivity contribution in [1.29, 1.82) is 0 Å². The number of aromatic nitrogens is 1. The normalized spacial score (nSPS) is 15.2. The summed E-state index contributed by atoms with van der Waals surface area (Å²) in [4.78, 5) is 4.43. The first-order valence-corrected chi connectivity index (χ1v) is 7.36. The lowest BCUT2D eigenvalue weighted by Crippen LogP contribution is -2.06. The second kappa shape index (κ2) is 5.37. The summed E-state index contributed by atoms with van der Waals surface area (Å²) in [7, 11) is 0. The van der Waals surface area contributed by atoms with Gasteiger partial charge >= 0.3 is 0 Å². The lowest BCUT2D eigenvalue weighted by molar-refractivity contribution is 0.177. The minimum absolute atomic E-state index is 0.470. The standard InChI is InChI=1S/C18H21NO/c1-12-6-9-17(13(2)19-12)18(20)11-14-7-8-15-4-3-5-16(15)10-14/h6-10,18,20H,3-5,11H2,1-2H3. The first-order chi connectivity index (χ1) is 9.63. The van der Waals surface area contributed by atoms with E-state index in [1.165, 1.54) is 36.0 Å². The second-order valence-electron chi connectivity index (χ2n) is 5.80. The molecule has 1 heterocycles. The molecule has 0 fully saturated rings. The number of aliphatic hydroxyl groups excluding tert-OH is 1. The molecule has 1 aromatic carbocycles. The first-order valence-electron chi connectivity index (χ1n) is 7.36. The maximum Gasteiger partial charge on any atom is 0.0847 e. The molecular weight excluding hydrogens is 246 g/mol. The Labute approximate surface area is 120 Å². The zero-order valence-corrected chi connectivity index (χ0v) is 12.2. The van der Waals surface area contributed by atoms with Crippen LogP contribution >= 0.6 is 0 Å². The molecular formula is C18H21NO. The summed E-state index contributed by atoms with van der Waals surface area (Å²) in [6.07, 6.45) is 3.85. The van der Waals surface area contributed by atoms with Gasteiger partial charge in [-0.05, 0) is 55.9 Å². The van der Waals surface area contributed by atoms with Crippen molar-refractivity contribution in [3.63, 3.8) is 0 Å². The van der Waals surface area contributed by atoms with E-state index < -0.39 is 6.10 Å². The number of hydrogen-bond donors (Lipinski definition) is 1. The van der Waals surface area contributed by atoms with Gasteiger partial charge in [-0.1, -0.05) is 24.3 Å². The summed E-state index contributed by atoms with van der Waals surface area (Å²) in [5.41, 5.74) is 7.04. The van der Waals surface area contributed by atoms with E-state index in [4.69, 9.17) is 0 Å². The van der Waals surface area contributed by atoms with Gasteiger partial charge in [0.2, 0.25) is 0 Å². The molecule has 0 amide bonds. The summed E-state index contributed by atoms with van der Waals surface area (Å²) < 4.78 is 0. The third-order valence-corrected chi connectivity index (χ3v) is 4.22. The van der Waals surface area contributed by atoms with Gasteiger partial charge in [0.15, 0.2) is 0 Å². The van der Waals surface area contributed by atoms with Gasteiger partial charge in [-0.2, -0.15) is 0 Å². The summed E-state index contributed by atoms with van der Waals surface area (Å²) in [5, 5.41) is 10.5. The Morgan fingerprint density at radius 3 is 2.70 bits per heavy atom. The lowest BCUT2D eigenvalue weighted by atomic mass is 9.97. The topological polar surface area (TPSA) is 33.1 Å². The quantitative estimate of drug-likeness (QED) is 0.923. The van der Waals surface area contributed by atoms with Gasteiger partial charge in [-0.3, -0.25) is 4.98 Å². The molecule has 0 saturated heterocycles. The van der Waals surface area contributed by atoms with Gasteiger partial charge in [0.05, 0.1) is 6.10 Å². The van der Waals surface area contributed by atoms with Crippen LogP contribution in [0.25, 0.3) is 0 Å². The Morgan fingerprint density at radius 1 is 1.10 bits per heavy atom. The Morgan fingerprint density at radius 2 is 1.90 bits per heavy atom. The zero-order chi connectivity index (χ0) is 14.1. The third-order valence-electron chi connectivity index (χ3n) is 4.22. The maximum absolute atomic E-state index is 10.5. The highest BCUT2D eigenvalue weighted by Gasteiger charge is 2.15. The van der Waals surface area contributed by atoms with Crippen LogP contribution in [-0.2, 0) is 19.3 Å². The Balaban J connectivity index is 1.80. The van der Waals surface area contributed by atoms with Gasteiger partial charge in [-0.25, -0.2) is 0 Å². The van der Waals surface area contributed by atoms with Gasteiger partial charge in [0.25, 0.3) is 0 Å². The Hall–Kier alpha value is -1.67. The summed E-state index contributed by atoms with van der Waals surface area (Å²) in [6, 6.07) is 10.6. The van der Waals surface area contributed by atoms with Crippen LogP contribution in [-0.4, -0.2) is 10.1 Å². The summed E-state index contributed by atoms with van der Waals surface area (Å²) in [6.45, 7) is 3.94. The van der Waals surface area contributed by atoms with Crippen molar-refractivity contribution in [1.82, 2.24) is 4.98 Å². The number of benzene rings is 1. The molecule has 1 aromatic heterocycles. The molecule has 20 heavy (non-hydrogen) atoms. The number of rotatable bonds is 3. The van der Waals surface area contributed by atoms with Gasteiger partial charge in [0.1, 0.15) is 0 Å². The van der Waals surface area contributed by atoms with E-state index in [1.807, 2.05) is 26.0 Å². The molecule has 1 aliphatic rings. The SMILES string of the molecule is Cc1ccc(C(O)Cc2ccc3c(c2)CCC3)c(C)n1.